The number of nitro groups is 1. The van der Waals surface area contributed by atoms with Crippen LogP contribution < -0.4 is 4.72 Å². The number of nitrogens with zero attached hydrogens (tertiary/aromatic N) is 1. The van der Waals surface area contributed by atoms with Crippen molar-refractivity contribution in [3.8, 4) is 0 Å². The van der Waals surface area contributed by atoms with E-state index >= 15 is 8.78 Å². The largest absolute Gasteiger partial charge is 0.390 e. The van der Waals surface area contributed by atoms with Gasteiger partial charge in [-0.05, 0) is 35.8 Å². The zero-order valence-electron chi connectivity index (χ0n) is 15.8. The van der Waals surface area contributed by atoms with Gasteiger partial charge in [-0.3, -0.25) is 10.1 Å². The van der Waals surface area contributed by atoms with Crippen LogP contribution in [-0.2, 0) is 21.9 Å². The van der Waals surface area contributed by atoms with Crippen molar-refractivity contribution >= 4 is 16.7 Å². The van der Waals surface area contributed by atoms with Gasteiger partial charge < -0.3 is 5.11 Å². The van der Waals surface area contributed by atoms with E-state index in [9.17, 15) is 19.4 Å². The second-order valence-electron chi connectivity index (χ2n) is 7.64. The van der Waals surface area contributed by atoms with Crippen LogP contribution in [0, 0.1) is 10.1 Å². The summed E-state index contributed by atoms with van der Waals surface area (Å²) in [6.45, 7) is 4.21. The molecule has 0 spiro atoms. The fourth-order valence-electron chi connectivity index (χ4n) is 3.57. The Hall–Kier alpha value is -1.45. The van der Waals surface area contributed by atoms with E-state index in [1.165, 1.54) is 12.1 Å². The lowest BCUT2D eigenvalue weighted by Gasteiger charge is -2.48. The lowest BCUT2D eigenvalue weighted by atomic mass is 9.63. The Morgan fingerprint density at radius 2 is 2.00 bits per heavy atom. The second-order valence-corrected chi connectivity index (χ2v) is 8.95. The highest BCUT2D eigenvalue weighted by atomic mass is 32.2. The molecule has 2 rings (SSSR count). The maximum Gasteiger partial charge on any atom is 0.293 e. The third-order valence-electron chi connectivity index (χ3n) is 5.32. The first-order chi connectivity index (χ1) is 12.5. The Bertz CT molecular complexity index is 742. The molecule has 1 aliphatic rings. The number of nitrogens with one attached hydrogen (secondary N) is 1. The van der Waals surface area contributed by atoms with E-state index in [2.05, 4.69) is 4.72 Å². The number of non-ortho nitro benzene ring substituents is 1. The Morgan fingerprint density at radius 3 is 2.56 bits per heavy atom. The molecule has 1 aromatic carbocycles. The number of fused-ring (bicyclic) bond motifs is 1. The normalized spacial score (nSPS) is 22.9. The molecule has 0 bridgehead atoms. The first kappa shape index (κ1) is 21.8. The first-order valence-corrected chi connectivity index (χ1v) is 10.3. The number of aliphatic hydroxyl groups excluding tert-OH is 1. The van der Waals surface area contributed by atoms with E-state index < -0.39 is 39.4 Å². The van der Waals surface area contributed by atoms with E-state index in [1.54, 1.807) is 0 Å². The van der Waals surface area contributed by atoms with Gasteiger partial charge in [-0.1, -0.05) is 33.3 Å². The molecular weight excluding hydrogens is 378 g/mol. The summed E-state index contributed by atoms with van der Waals surface area (Å²) in [5.41, 5.74) is -2.35. The maximum absolute atomic E-state index is 15.0. The van der Waals surface area contributed by atoms with Crippen LogP contribution >= 0.6 is 0 Å². The summed E-state index contributed by atoms with van der Waals surface area (Å²) in [6, 6.07) is 3.91. The van der Waals surface area contributed by atoms with Crippen molar-refractivity contribution in [2.45, 2.75) is 63.3 Å². The zero-order chi connectivity index (χ0) is 20.5. The molecule has 0 saturated heterocycles. The molecule has 0 fully saturated rings. The fraction of sp³-hybridized carbons (Fsp3) is 0.667. The summed E-state index contributed by atoms with van der Waals surface area (Å²) in [7, 11) is -1.77. The topological polar surface area (TPSA) is 92.5 Å². The van der Waals surface area contributed by atoms with Crippen molar-refractivity contribution in [2.75, 3.05) is 12.4 Å². The number of hydrogen-bond donors (Lipinski definition) is 2. The van der Waals surface area contributed by atoms with E-state index in [0.29, 0.717) is 18.4 Å². The minimum atomic E-state index is -3.64. The molecule has 27 heavy (non-hydrogen) atoms. The molecule has 0 aromatic heterocycles. The van der Waals surface area contributed by atoms with E-state index in [4.69, 9.17) is 0 Å². The van der Waals surface area contributed by atoms with Crippen LogP contribution in [0.2, 0.25) is 0 Å². The highest BCUT2D eigenvalue weighted by molar-refractivity contribution is 7.83. The van der Waals surface area contributed by atoms with Gasteiger partial charge in [-0.15, -0.1) is 0 Å². The quantitative estimate of drug-likeness (QED) is 0.512. The maximum atomic E-state index is 15.0. The number of alkyl halides is 2. The Kier molecular flexibility index (Phi) is 6.38. The number of nitro benzene ring substituents is 1. The van der Waals surface area contributed by atoms with Gasteiger partial charge in [-0.25, -0.2) is 17.7 Å². The lowest BCUT2D eigenvalue weighted by molar-refractivity contribution is -0.385. The molecule has 0 radical (unpaired) electrons. The van der Waals surface area contributed by atoms with Crippen molar-refractivity contribution in [3.63, 3.8) is 0 Å². The van der Waals surface area contributed by atoms with Crippen molar-refractivity contribution in [3.05, 3.63) is 39.4 Å². The average Bonchev–Trinajstić information content (AvgIpc) is 2.62. The van der Waals surface area contributed by atoms with Crippen LogP contribution in [0.5, 0.6) is 0 Å². The van der Waals surface area contributed by atoms with E-state index in [1.807, 2.05) is 20.8 Å². The van der Waals surface area contributed by atoms with Gasteiger partial charge in [0.05, 0.1) is 15.9 Å². The summed E-state index contributed by atoms with van der Waals surface area (Å²) in [6.07, 6.45) is 1.60. The molecule has 0 amide bonds. The van der Waals surface area contributed by atoms with E-state index in [-0.39, 0.29) is 23.4 Å². The number of benzene rings is 1. The van der Waals surface area contributed by atoms with Crippen LogP contribution in [0.15, 0.2) is 18.2 Å². The number of halogens is 2. The predicted molar refractivity (Wildman–Crippen MR) is 100 cm³/mol. The predicted octanol–water partition coefficient (Wildman–Crippen LogP) is 3.54. The molecule has 0 heterocycles. The minimum absolute atomic E-state index is 0.0387. The standard InChI is InChI=1S/C18H26F2N2O4S/c1-4-5-10-27(26)21-17(18(19,20)12-23)9-8-16(2,3)14-7-6-13(22(24)25)11-15(14)17/h6-7,11,21,23H,4-5,8-10,12H2,1-3H3/t17-,27-/m1/s1. The number of hydrogen-bond acceptors (Lipinski definition) is 4. The molecule has 152 valence electrons. The van der Waals surface area contributed by atoms with Crippen molar-refractivity contribution < 1.29 is 23.0 Å². The van der Waals surface area contributed by atoms with Crippen LogP contribution in [0.1, 0.15) is 57.6 Å². The van der Waals surface area contributed by atoms with Crippen molar-refractivity contribution in [1.82, 2.24) is 4.72 Å². The first-order valence-electron chi connectivity index (χ1n) is 8.95. The number of aliphatic hydroxyl groups is 1. The Morgan fingerprint density at radius 1 is 1.33 bits per heavy atom. The summed E-state index contributed by atoms with van der Waals surface area (Å²) >= 11 is 0. The molecule has 1 aliphatic carbocycles. The van der Waals surface area contributed by atoms with Gasteiger partial charge in [0.25, 0.3) is 11.6 Å². The van der Waals surface area contributed by atoms with Gasteiger partial charge in [0.2, 0.25) is 0 Å². The minimum Gasteiger partial charge on any atom is -0.390 e. The molecule has 6 nitrogen and oxygen atoms in total. The molecule has 1 aromatic rings. The molecule has 9 heteroatoms. The lowest BCUT2D eigenvalue weighted by Crippen LogP contribution is -2.61. The zero-order valence-corrected chi connectivity index (χ0v) is 16.6. The molecule has 0 saturated carbocycles. The Labute approximate surface area is 160 Å². The summed E-state index contributed by atoms with van der Waals surface area (Å²) < 4.78 is 45.1. The summed E-state index contributed by atoms with van der Waals surface area (Å²) in [5.74, 6) is -3.46. The van der Waals surface area contributed by atoms with Gasteiger partial charge in [-0.2, -0.15) is 0 Å². The molecular formula is C18H26F2N2O4S. The SMILES string of the molecule is CCCC[S@@](=O)N[C@]1(C(F)(F)CO)CCC(C)(C)c2ccc([N+](=O)[O-])cc21. The molecule has 2 atom stereocenters. The Balaban J connectivity index is 2.68. The monoisotopic (exact) mass is 404 g/mol. The van der Waals surface area contributed by atoms with Gasteiger partial charge >= 0.3 is 0 Å². The highest BCUT2D eigenvalue weighted by Crippen LogP contribution is 2.52. The molecule has 0 aliphatic heterocycles. The van der Waals surface area contributed by atoms with Crippen LogP contribution in [0.25, 0.3) is 0 Å². The average molecular weight is 404 g/mol. The van der Waals surface area contributed by atoms with Gasteiger partial charge in [0.15, 0.2) is 0 Å². The molecule has 0 unspecified atom stereocenters. The summed E-state index contributed by atoms with van der Waals surface area (Å²) in [5, 5.41) is 20.6. The summed E-state index contributed by atoms with van der Waals surface area (Å²) in [4.78, 5) is 10.6. The third-order valence-corrected chi connectivity index (χ3v) is 6.56. The van der Waals surface area contributed by atoms with Crippen molar-refractivity contribution in [2.24, 2.45) is 0 Å². The van der Waals surface area contributed by atoms with Crippen LogP contribution in [0.3, 0.4) is 0 Å². The van der Waals surface area contributed by atoms with E-state index in [0.717, 1.165) is 12.5 Å². The van der Waals surface area contributed by atoms with Crippen LogP contribution in [0.4, 0.5) is 14.5 Å². The fourth-order valence-corrected chi connectivity index (χ4v) is 4.98. The van der Waals surface area contributed by atoms with Gasteiger partial charge in [0, 0.05) is 17.9 Å². The second kappa shape index (κ2) is 7.89. The highest BCUT2D eigenvalue weighted by Gasteiger charge is 2.59. The van der Waals surface area contributed by atoms with Crippen LogP contribution in [-0.4, -0.2) is 32.5 Å². The smallest absolute Gasteiger partial charge is 0.293 e. The number of unbranched alkanes of at least 4 members (excludes halogenated alkanes) is 1. The molecule has 2 N–H and O–H groups in total. The van der Waals surface area contributed by atoms with Crippen molar-refractivity contribution in [1.29, 1.82) is 0 Å². The van der Waals surface area contributed by atoms with Gasteiger partial charge in [0.1, 0.15) is 12.1 Å². The number of rotatable bonds is 8. The third kappa shape index (κ3) is 4.05.